The predicted octanol–water partition coefficient (Wildman–Crippen LogP) is 19.0. The molecule has 0 unspecified atom stereocenters. The monoisotopic (exact) mass is 982 g/mol. The third kappa shape index (κ3) is 7.36. The van der Waals surface area contributed by atoms with Gasteiger partial charge in [-0.15, -0.1) is 0 Å². The second-order valence-electron chi connectivity index (χ2n) is 21.0. The molecule has 0 aliphatic heterocycles. The summed E-state index contributed by atoms with van der Waals surface area (Å²) >= 11 is 0. The number of benzene rings is 11. The van der Waals surface area contributed by atoms with Crippen LogP contribution in [0.1, 0.15) is 25.0 Å². The van der Waals surface area contributed by atoms with Gasteiger partial charge in [0.2, 0.25) is 0 Å². The first-order valence-electron chi connectivity index (χ1n) is 26.5. The van der Waals surface area contributed by atoms with Gasteiger partial charge in [-0.25, -0.2) is 9.97 Å². The van der Waals surface area contributed by atoms with E-state index in [0.717, 1.165) is 67.1 Å². The Balaban J connectivity index is 0.853. The van der Waals surface area contributed by atoms with E-state index < -0.39 is 0 Å². The number of nitrogens with zero attached hydrogens (tertiary/aromatic N) is 4. The number of para-hydroxylation sites is 2. The Morgan fingerprint density at radius 3 is 1.27 bits per heavy atom. The van der Waals surface area contributed by atoms with E-state index >= 15 is 0 Å². The Hall–Kier alpha value is -9.90. The van der Waals surface area contributed by atoms with Gasteiger partial charge in [-0.3, -0.25) is 0 Å². The molecule has 0 amide bonds. The van der Waals surface area contributed by atoms with Gasteiger partial charge in [0.15, 0.2) is 5.82 Å². The van der Waals surface area contributed by atoms with Crippen molar-refractivity contribution in [3.05, 3.63) is 278 Å². The van der Waals surface area contributed by atoms with Gasteiger partial charge in [-0.1, -0.05) is 226 Å². The zero-order valence-electron chi connectivity index (χ0n) is 42.7. The van der Waals surface area contributed by atoms with Crippen LogP contribution >= 0.6 is 0 Å². The molecule has 0 bridgehead atoms. The maximum atomic E-state index is 5.35. The van der Waals surface area contributed by atoms with E-state index in [-0.39, 0.29) is 5.41 Å². The van der Waals surface area contributed by atoms with E-state index in [1.165, 1.54) is 71.6 Å². The average Bonchev–Trinajstić information content (AvgIpc) is 4.13. The lowest BCUT2D eigenvalue weighted by atomic mass is 9.82. The molecule has 362 valence electrons. The molecule has 3 aromatic heterocycles. The van der Waals surface area contributed by atoms with Crippen LogP contribution in [0.15, 0.2) is 267 Å². The highest BCUT2D eigenvalue weighted by atomic mass is 15.0. The molecule has 14 aromatic rings. The summed E-state index contributed by atoms with van der Waals surface area (Å²) in [5, 5.41) is 4.89. The molecule has 11 aromatic carbocycles. The molecule has 0 spiro atoms. The summed E-state index contributed by atoms with van der Waals surface area (Å²) in [6.45, 7) is 4.72. The highest BCUT2D eigenvalue weighted by Gasteiger charge is 2.35. The van der Waals surface area contributed by atoms with Gasteiger partial charge in [0.1, 0.15) is 0 Å². The molecule has 15 rings (SSSR count). The molecular weight excluding hydrogens is 933 g/mol. The van der Waals surface area contributed by atoms with Crippen molar-refractivity contribution in [2.24, 2.45) is 0 Å². The first-order valence-corrected chi connectivity index (χ1v) is 26.5. The number of hydrogen-bond acceptors (Lipinski definition) is 2. The fourth-order valence-corrected chi connectivity index (χ4v) is 12.3. The minimum atomic E-state index is -0.106. The summed E-state index contributed by atoms with van der Waals surface area (Å²) in [7, 11) is 0. The quantitative estimate of drug-likeness (QED) is 0.152. The number of fused-ring (bicyclic) bond motifs is 9. The lowest BCUT2D eigenvalue weighted by Crippen LogP contribution is -2.15. The summed E-state index contributed by atoms with van der Waals surface area (Å²) < 4.78 is 4.88. The van der Waals surface area contributed by atoms with Gasteiger partial charge in [0.05, 0.1) is 33.5 Å². The molecule has 0 radical (unpaired) electrons. The smallest absolute Gasteiger partial charge is 0.160 e. The van der Waals surface area contributed by atoms with Crippen LogP contribution in [0.4, 0.5) is 0 Å². The third-order valence-electron chi connectivity index (χ3n) is 16.2. The summed E-state index contributed by atoms with van der Waals surface area (Å²) in [5.41, 5.74) is 23.9. The van der Waals surface area contributed by atoms with Gasteiger partial charge in [-0.05, 0) is 110 Å². The van der Waals surface area contributed by atoms with Crippen molar-refractivity contribution >= 4 is 43.6 Å². The molecule has 4 heteroatoms. The predicted molar refractivity (Wildman–Crippen MR) is 321 cm³/mol. The summed E-state index contributed by atoms with van der Waals surface area (Å²) in [5.74, 6) is 0.667. The van der Waals surface area contributed by atoms with E-state index in [1.807, 2.05) is 0 Å². The largest absolute Gasteiger partial charge is 0.309 e. The van der Waals surface area contributed by atoms with Gasteiger partial charge in [0.25, 0.3) is 0 Å². The summed E-state index contributed by atoms with van der Waals surface area (Å²) in [6, 6.07) is 96.8. The van der Waals surface area contributed by atoms with Crippen LogP contribution in [0.3, 0.4) is 0 Å². The van der Waals surface area contributed by atoms with E-state index in [0.29, 0.717) is 5.82 Å². The van der Waals surface area contributed by atoms with Gasteiger partial charge in [0, 0.05) is 55.0 Å². The highest BCUT2D eigenvalue weighted by Crippen LogP contribution is 2.50. The second kappa shape index (κ2) is 17.6. The van der Waals surface area contributed by atoms with Crippen LogP contribution in [0.25, 0.3) is 133 Å². The minimum Gasteiger partial charge on any atom is -0.309 e. The Kier molecular flexibility index (Phi) is 10.2. The summed E-state index contributed by atoms with van der Waals surface area (Å²) in [6.07, 6.45) is 0. The molecule has 3 heterocycles. The normalized spacial score (nSPS) is 12.6. The van der Waals surface area contributed by atoms with Crippen LogP contribution in [-0.2, 0) is 5.41 Å². The summed E-state index contributed by atoms with van der Waals surface area (Å²) in [4.78, 5) is 10.7. The van der Waals surface area contributed by atoms with Crippen molar-refractivity contribution in [2.75, 3.05) is 0 Å². The van der Waals surface area contributed by atoms with Gasteiger partial charge < -0.3 is 9.13 Å². The minimum absolute atomic E-state index is 0.106. The van der Waals surface area contributed by atoms with Crippen molar-refractivity contribution in [1.82, 2.24) is 19.1 Å². The maximum Gasteiger partial charge on any atom is 0.160 e. The van der Waals surface area contributed by atoms with Crippen LogP contribution in [0.5, 0.6) is 0 Å². The average molecular weight is 983 g/mol. The molecule has 0 fully saturated rings. The van der Waals surface area contributed by atoms with Crippen molar-refractivity contribution in [3.63, 3.8) is 0 Å². The molecule has 77 heavy (non-hydrogen) atoms. The standard InChI is InChI=1S/C73H50N4/c1-73(2)64-25-12-9-22-58(64)59-41-38-57(45-65(59)73)77-69-27-14-11-24-61(69)63-40-37-54(44-71(63)77)53-36-39-62-60-23-10-13-26-68(60)76(70(62)43-53)56-21-15-20-55(42-56)72-74-66(51-32-28-49(29-33-51)47-16-5-3-6-17-47)46-67(75-72)52-34-30-50(31-35-52)48-18-7-4-8-19-48/h3-46H,1-2H3. The van der Waals surface area contributed by atoms with Crippen LogP contribution in [0, 0.1) is 0 Å². The lowest BCUT2D eigenvalue weighted by molar-refractivity contribution is 0.660. The number of hydrogen-bond donors (Lipinski definition) is 0. The zero-order valence-corrected chi connectivity index (χ0v) is 42.7. The fourth-order valence-electron chi connectivity index (χ4n) is 12.3. The molecule has 0 atom stereocenters. The molecule has 1 aliphatic carbocycles. The molecule has 0 saturated carbocycles. The van der Waals surface area contributed by atoms with E-state index in [9.17, 15) is 0 Å². The van der Waals surface area contributed by atoms with Crippen molar-refractivity contribution in [1.29, 1.82) is 0 Å². The van der Waals surface area contributed by atoms with E-state index in [4.69, 9.17) is 9.97 Å². The Morgan fingerprint density at radius 1 is 0.273 bits per heavy atom. The Labute approximate surface area is 447 Å². The van der Waals surface area contributed by atoms with Crippen LogP contribution in [0.2, 0.25) is 0 Å². The van der Waals surface area contributed by atoms with Crippen molar-refractivity contribution in [2.45, 2.75) is 19.3 Å². The maximum absolute atomic E-state index is 5.35. The lowest BCUT2D eigenvalue weighted by Gasteiger charge is -2.22. The number of rotatable bonds is 8. The number of aromatic nitrogens is 4. The van der Waals surface area contributed by atoms with Crippen LogP contribution < -0.4 is 0 Å². The van der Waals surface area contributed by atoms with E-state index in [1.54, 1.807) is 0 Å². The van der Waals surface area contributed by atoms with Crippen molar-refractivity contribution in [3.8, 4) is 89.8 Å². The fraction of sp³-hybridized carbons (Fsp3) is 0.0411. The molecule has 4 nitrogen and oxygen atoms in total. The first kappa shape index (κ1) is 44.6. The Morgan fingerprint density at radius 2 is 0.701 bits per heavy atom. The topological polar surface area (TPSA) is 35.6 Å². The van der Waals surface area contributed by atoms with Gasteiger partial charge >= 0.3 is 0 Å². The van der Waals surface area contributed by atoms with E-state index in [2.05, 4.69) is 290 Å². The van der Waals surface area contributed by atoms with Crippen LogP contribution in [-0.4, -0.2) is 19.1 Å². The third-order valence-corrected chi connectivity index (χ3v) is 16.2. The van der Waals surface area contributed by atoms with Gasteiger partial charge in [-0.2, -0.15) is 0 Å². The zero-order chi connectivity index (χ0) is 51.2. The molecule has 1 aliphatic rings. The molecular formula is C73H50N4. The highest BCUT2D eigenvalue weighted by molar-refractivity contribution is 6.12. The van der Waals surface area contributed by atoms with Crippen molar-refractivity contribution < 1.29 is 0 Å². The first-order chi connectivity index (χ1) is 37.9. The molecule has 0 saturated heterocycles. The SMILES string of the molecule is CC1(C)c2ccccc2-c2ccc(-n3c4ccccc4c4ccc(-c5ccc6c7ccccc7n(-c7cccc(-c8nc(-c9ccc(-c%10ccccc%10)cc9)cc(-c9ccc(-c%10ccccc%10)cc9)n8)c7)c6c5)cc43)cc21. The Bertz CT molecular complexity index is 4520. The molecule has 0 N–H and O–H groups in total. The second-order valence-corrected chi connectivity index (χ2v) is 21.0.